The number of aromatic nitrogens is 1. The van der Waals surface area contributed by atoms with Crippen molar-refractivity contribution in [2.24, 2.45) is 5.14 Å². The number of carbonyl (C=O) groups excluding carboxylic acids is 1. The summed E-state index contributed by atoms with van der Waals surface area (Å²) in [6, 6.07) is 7.25. The Morgan fingerprint density at radius 3 is 2.46 bits per heavy atom. The number of likely N-dealkylation sites (N-methyl/N-ethyl adjacent to an activating group) is 1. The van der Waals surface area contributed by atoms with E-state index < -0.39 is 10.0 Å². The van der Waals surface area contributed by atoms with Crippen LogP contribution in [0, 0.1) is 6.92 Å². The number of amides is 1. The van der Waals surface area contributed by atoms with E-state index in [9.17, 15) is 13.2 Å². The first-order valence-electron chi connectivity index (χ1n) is 7.21. The van der Waals surface area contributed by atoms with E-state index in [1.165, 1.54) is 4.90 Å². The molecule has 1 heterocycles. The Hall–Kier alpha value is -1.97. The van der Waals surface area contributed by atoms with Gasteiger partial charge in [0.25, 0.3) is 0 Å². The molecule has 0 aliphatic carbocycles. The minimum Gasteiger partial charge on any atom is -0.494 e. The van der Waals surface area contributed by atoms with E-state index in [0.29, 0.717) is 17.4 Å². The van der Waals surface area contributed by atoms with Crippen LogP contribution in [0.1, 0.15) is 18.2 Å². The van der Waals surface area contributed by atoms with Gasteiger partial charge in [-0.25, -0.2) is 18.5 Å². The molecule has 0 radical (unpaired) electrons. The fourth-order valence-corrected chi connectivity index (χ4v) is 3.97. The summed E-state index contributed by atoms with van der Waals surface area (Å²) in [5.41, 5.74) is 1.12. The minimum absolute atomic E-state index is 0.0294. The van der Waals surface area contributed by atoms with Crippen molar-refractivity contribution < 1.29 is 17.9 Å². The van der Waals surface area contributed by atoms with E-state index in [4.69, 9.17) is 9.88 Å². The van der Waals surface area contributed by atoms with Gasteiger partial charge in [0.15, 0.2) is 9.34 Å². The van der Waals surface area contributed by atoms with Crippen molar-refractivity contribution in [1.82, 2.24) is 4.98 Å². The van der Waals surface area contributed by atoms with Gasteiger partial charge in [0.2, 0.25) is 15.9 Å². The van der Waals surface area contributed by atoms with Crippen LogP contribution in [0.5, 0.6) is 5.75 Å². The molecule has 9 heteroatoms. The number of carbonyl (C=O) groups is 1. The minimum atomic E-state index is -3.84. The van der Waals surface area contributed by atoms with Crippen LogP contribution in [0.15, 0.2) is 28.5 Å². The van der Waals surface area contributed by atoms with E-state index in [1.807, 2.05) is 19.1 Å². The molecule has 0 saturated heterocycles. The smallest absolute Gasteiger partial charge is 0.249 e. The van der Waals surface area contributed by atoms with Gasteiger partial charge in [-0.1, -0.05) is 23.5 Å². The lowest BCUT2D eigenvalue weighted by atomic mass is 10.1. The summed E-state index contributed by atoms with van der Waals surface area (Å²) >= 11 is 0.883. The van der Waals surface area contributed by atoms with E-state index in [1.54, 1.807) is 26.1 Å². The second-order valence-electron chi connectivity index (χ2n) is 5.12. The zero-order chi connectivity index (χ0) is 17.9. The largest absolute Gasteiger partial charge is 0.494 e. The Morgan fingerprint density at radius 2 is 1.96 bits per heavy atom. The number of aryl methyl sites for hydroxylation is 1. The molecule has 1 amide bonds. The van der Waals surface area contributed by atoms with Gasteiger partial charge in [0.05, 0.1) is 18.7 Å². The summed E-state index contributed by atoms with van der Waals surface area (Å²) in [5, 5.41) is 5.44. The number of rotatable bonds is 6. The molecule has 0 aliphatic rings. The summed E-state index contributed by atoms with van der Waals surface area (Å²) in [5.74, 6) is 0.546. The van der Waals surface area contributed by atoms with Gasteiger partial charge >= 0.3 is 0 Å². The van der Waals surface area contributed by atoms with Crippen molar-refractivity contribution in [3.05, 3.63) is 35.5 Å². The first-order chi connectivity index (χ1) is 11.2. The number of anilines is 1. The Kier molecular flexibility index (Phi) is 5.58. The number of hydrogen-bond donors (Lipinski definition) is 1. The van der Waals surface area contributed by atoms with Crippen LogP contribution in [0.25, 0.3) is 0 Å². The number of nitrogens with zero attached hydrogens (tertiary/aromatic N) is 2. The standard InChI is InChI=1S/C15H19N3O4S2/c1-4-22-12-7-5-11(6-8-12)9-13(19)18(3)15-17-10(2)14(23-15)24(16,20)21/h5-8H,4,9H2,1-3H3,(H2,16,20,21). The molecular formula is C15H19N3O4S2. The molecule has 2 aromatic rings. The van der Waals surface area contributed by atoms with Crippen molar-refractivity contribution in [1.29, 1.82) is 0 Å². The van der Waals surface area contributed by atoms with Crippen molar-refractivity contribution in [3.63, 3.8) is 0 Å². The molecule has 0 aliphatic heterocycles. The van der Waals surface area contributed by atoms with Crippen LogP contribution in [-0.2, 0) is 21.2 Å². The van der Waals surface area contributed by atoms with Crippen molar-refractivity contribution in [2.45, 2.75) is 24.5 Å². The number of ether oxygens (including phenoxy) is 1. The topological polar surface area (TPSA) is 103 Å². The molecule has 0 atom stereocenters. The first-order valence-corrected chi connectivity index (χ1v) is 9.57. The number of nitrogens with two attached hydrogens (primary N) is 1. The van der Waals surface area contributed by atoms with E-state index >= 15 is 0 Å². The van der Waals surface area contributed by atoms with Gasteiger partial charge in [0, 0.05) is 7.05 Å². The quantitative estimate of drug-likeness (QED) is 0.835. The van der Waals surface area contributed by atoms with Gasteiger partial charge in [-0.2, -0.15) is 0 Å². The highest BCUT2D eigenvalue weighted by Crippen LogP contribution is 2.28. The van der Waals surface area contributed by atoms with Gasteiger partial charge in [0.1, 0.15) is 5.75 Å². The van der Waals surface area contributed by atoms with Gasteiger partial charge in [-0.3, -0.25) is 9.69 Å². The predicted octanol–water partition coefficient (Wildman–Crippen LogP) is 1.70. The van der Waals surface area contributed by atoms with Crippen LogP contribution in [-0.4, -0.2) is 33.0 Å². The molecule has 2 rings (SSSR count). The van der Waals surface area contributed by atoms with Crippen LogP contribution < -0.4 is 14.8 Å². The van der Waals surface area contributed by atoms with Crippen LogP contribution >= 0.6 is 11.3 Å². The zero-order valence-electron chi connectivity index (χ0n) is 13.6. The molecule has 0 bridgehead atoms. The average Bonchev–Trinajstić information content (AvgIpc) is 2.91. The number of benzene rings is 1. The maximum absolute atomic E-state index is 12.4. The first kappa shape index (κ1) is 18.4. The molecule has 1 aromatic carbocycles. The molecule has 7 nitrogen and oxygen atoms in total. The summed E-state index contributed by atoms with van der Waals surface area (Å²) < 4.78 is 28.3. The van der Waals surface area contributed by atoms with Gasteiger partial charge in [-0.15, -0.1) is 0 Å². The number of thiazole rings is 1. The molecule has 2 N–H and O–H groups in total. The van der Waals surface area contributed by atoms with Crippen LogP contribution in [0.2, 0.25) is 0 Å². The van der Waals surface area contributed by atoms with E-state index in [2.05, 4.69) is 4.98 Å². The van der Waals surface area contributed by atoms with Crippen molar-refractivity contribution >= 4 is 32.4 Å². The molecule has 0 fully saturated rings. The lowest BCUT2D eigenvalue weighted by Gasteiger charge is -2.13. The van der Waals surface area contributed by atoms with E-state index in [-0.39, 0.29) is 16.5 Å². The molecule has 130 valence electrons. The monoisotopic (exact) mass is 369 g/mol. The van der Waals surface area contributed by atoms with Gasteiger partial charge in [-0.05, 0) is 31.5 Å². The average molecular weight is 369 g/mol. The third-order valence-corrected chi connectivity index (χ3v) is 6.04. The molecule has 0 saturated carbocycles. The molecule has 1 aromatic heterocycles. The summed E-state index contributed by atoms with van der Waals surface area (Å²) in [7, 11) is -2.28. The second-order valence-corrected chi connectivity index (χ2v) is 7.86. The fraction of sp³-hybridized carbons (Fsp3) is 0.333. The third-order valence-electron chi connectivity index (χ3n) is 3.25. The Labute approximate surface area is 145 Å². The zero-order valence-corrected chi connectivity index (χ0v) is 15.3. The highest BCUT2D eigenvalue weighted by molar-refractivity contribution is 7.91. The highest BCUT2D eigenvalue weighted by atomic mass is 32.2. The Bertz CT molecular complexity index is 829. The van der Waals surface area contributed by atoms with Crippen LogP contribution in [0.3, 0.4) is 0 Å². The Balaban J connectivity index is 2.12. The lowest BCUT2D eigenvalue weighted by Crippen LogP contribution is -2.27. The Morgan fingerprint density at radius 1 is 1.33 bits per heavy atom. The predicted molar refractivity (Wildman–Crippen MR) is 92.9 cm³/mol. The molecular weight excluding hydrogens is 350 g/mol. The maximum Gasteiger partial charge on any atom is 0.249 e. The SMILES string of the molecule is CCOc1ccc(CC(=O)N(C)c2nc(C)c(S(N)(=O)=O)s2)cc1. The third kappa shape index (κ3) is 4.31. The maximum atomic E-state index is 12.4. The number of primary sulfonamides is 1. The highest BCUT2D eigenvalue weighted by Gasteiger charge is 2.22. The lowest BCUT2D eigenvalue weighted by molar-refractivity contribution is -0.117. The normalized spacial score (nSPS) is 11.3. The summed E-state index contributed by atoms with van der Waals surface area (Å²) in [6.45, 7) is 4.03. The van der Waals surface area contributed by atoms with Crippen LogP contribution in [0.4, 0.5) is 5.13 Å². The second kappa shape index (κ2) is 7.29. The van der Waals surface area contributed by atoms with Crippen molar-refractivity contribution in [3.8, 4) is 5.75 Å². The summed E-state index contributed by atoms with van der Waals surface area (Å²) in [4.78, 5) is 17.8. The molecule has 0 spiro atoms. The van der Waals surface area contributed by atoms with Crippen molar-refractivity contribution in [2.75, 3.05) is 18.6 Å². The fourth-order valence-electron chi connectivity index (χ4n) is 2.05. The summed E-state index contributed by atoms with van der Waals surface area (Å²) in [6.07, 6.45) is 0.173. The van der Waals surface area contributed by atoms with Gasteiger partial charge < -0.3 is 4.74 Å². The molecule has 24 heavy (non-hydrogen) atoms. The number of hydrogen-bond acceptors (Lipinski definition) is 6. The van der Waals surface area contributed by atoms with E-state index in [0.717, 1.165) is 22.6 Å². The molecule has 0 unspecified atom stereocenters. The number of sulfonamides is 1.